The maximum absolute atomic E-state index is 9.15. The van der Waals surface area contributed by atoms with E-state index in [-0.39, 0.29) is 66.1 Å². The average Bonchev–Trinajstić information content (AvgIpc) is 1.37. The van der Waals surface area contributed by atoms with Crippen LogP contribution in [0.5, 0.6) is 0 Å². The van der Waals surface area contributed by atoms with Gasteiger partial charge in [0.15, 0.2) is 8.46 Å². The molecule has 0 radical (unpaired) electrons. The van der Waals surface area contributed by atoms with Crippen LogP contribution in [0.25, 0.3) is 0 Å². The molecule has 0 atom stereocenters. The summed E-state index contributed by atoms with van der Waals surface area (Å²) in [6.07, 6.45) is 0.236. The molecule has 2 nitrogen and oxygen atoms in total. The number of rotatable bonds is 1. The minimum absolute atomic E-state index is 0. The molecule has 0 heterocycles. The van der Waals surface area contributed by atoms with Crippen molar-refractivity contribution in [2.75, 3.05) is 6.29 Å². The van der Waals surface area contributed by atoms with Crippen molar-refractivity contribution in [1.29, 1.82) is 0 Å². The summed E-state index contributed by atoms with van der Waals surface area (Å²) in [7, 11) is 0.0262. The van der Waals surface area contributed by atoms with Crippen molar-refractivity contribution in [3.05, 3.63) is 0 Å². The molecule has 0 aromatic heterocycles. The van der Waals surface area contributed by atoms with Crippen molar-refractivity contribution in [3.8, 4) is 0 Å². The van der Waals surface area contributed by atoms with Gasteiger partial charge in [0.25, 0.3) is 0 Å². The first kappa shape index (κ1) is 9.85. The second-order valence-corrected chi connectivity index (χ2v) is 0.935. The Kier molecular flexibility index (Phi) is 18.1. The van der Waals surface area contributed by atoms with Crippen LogP contribution in [0.4, 0.5) is 0 Å². The molecule has 0 aliphatic carbocycles. The van der Waals surface area contributed by atoms with Gasteiger partial charge < -0.3 is 5.73 Å². The van der Waals surface area contributed by atoms with Crippen LogP contribution < -0.4 is 5.73 Å². The zero-order valence-electron chi connectivity index (χ0n) is 2.14. The molecule has 2 N–H and O–H groups in total. The van der Waals surface area contributed by atoms with E-state index >= 15 is 0 Å². The van der Waals surface area contributed by atoms with E-state index in [2.05, 4.69) is 0 Å². The first-order valence-electron chi connectivity index (χ1n) is 0.907. The predicted octanol–water partition coefficient (Wildman–Crippen LogP) is -0.454. The molecular weight excluding hydrogens is 112 g/mol. The van der Waals surface area contributed by atoms with Crippen LogP contribution in [0.2, 0.25) is 0 Å². The van der Waals surface area contributed by atoms with Gasteiger partial charge in [-0.25, -0.2) is 0 Å². The van der Waals surface area contributed by atoms with E-state index in [1.165, 1.54) is 0 Å². The van der Waals surface area contributed by atoms with E-state index in [0.717, 1.165) is 0 Å². The average molecular weight is 117 g/mol. The summed E-state index contributed by atoms with van der Waals surface area (Å²) in [5.74, 6) is 0. The molecule has 4 heteroatoms. The zero-order chi connectivity index (χ0) is 3.41. The van der Waals surface area contributed by atoms with Gasteiger partial charge in [0.1, 0.15) is 0 Å². The van der Waals surface area contributed by atoms with Gasteiger partial charge in [0.2, 0.25) is 0 Å². The Balaban J connectivity index is 0. The second-order valence-electron chi connectivity index (χ2n) is 0.312. The Bertz CT molecular complexity index is 25.6. The molecule has 0 aliphatic heterocycles. The normalized spacial score (nSPS) is 6.60. The number of hydrogen-bond acceptors (Lipinski definition) is 2. The Morgan fingerprint density at radius 2 is 2.00 bits per heavy atom. The molecule has 0 saturated heterocycles. The van der Waals surface area contributed by atoms with Crippen molar-refractivity contribution in [2.45, 2.75) is 0 Å². The Hall–Kier alpha value is 1.70. The van der Waals surface area contributed by atoms with Crippen molar-refractivity contribution < 1.29 is 4.57 Å². The molecule has 0 fully saturated rings. The first-order chi connectivity index (χ1) is 1.91. The summed E-state index contributed by atoms with van der Waals surface area (Å²) >= 11 is 0. The van der Waals surface area contributed by atoms with Gasteiger partial charge >= 0.3 is 51.4 Å². The van der Waals surface area contributed by atoms with Crippen LogP contribution in [-0.4, -0.2) is 57.7 Å². The van der Waals surface area contributed by atoms with Crippen molar-refractivity contribution in [1.82, 2.24) is 0 Å². The molecule has 0 aliphatic rings. The van der Waals surface area contributed by atoms with Gasteiger partial charge in [-0.05, 0) is 0 Å². The van der Waals surface area contributed by atoms with Crippen LogP contribution >= 0.6 is 8.46 Å². The summed E-state index contributed by atoms with van der Waals surface area (Å²) < 4.78 is 9.15. The summed E-state index contributed by atoms with van der Waals surface area (Å²) in [4.78, 5) is 0. The van der Waals surface area contributed by atoms with Crippen LogP contribution in [0.3, 0.4) is 0 Å². The van der Waals surface area contributed by atoms with Crippen LogP contribution in [-0.2, 0) is 4.57 Å². The maximum atomic E-state index is 9.15. The topological polar surface area (TPSA) is 43.1 Å². The first-order valence-corrected chi connectivity index (χ1v) is 1.90. The summed E-state index contributed by atoms with van der Waals surface area (Å²) in [5, 5.41) is 0. The van der Waals surface area contributed by atoms with E-state index in [1.807, 2.05) is 0 Å². The molecule has 26 valence electrons. The van der Waals surface area contributed by atoms with E-state index in [0.29, 0.717) is 0 Å². The van der Waals surface area contributed by atoms with Gasteiger partial charge in [-0.1, -0.05) is 0 Å². The molecule has 0 rings (SSSR count). The second kappa shape index (κ2) is 9.20. The van der Waals surface area contributed by atoms with Crippen LogP contribution in [0.15, 0.2) is 0 Å². The van der Waals surface area contributed by atoms with Crippen molar-refractivity contribution in [3.63, 3.8) is 0 Å². The minimum atomic E-state index is 0. The standard InChI is InChI=1S/CH4NOP.K.H/c2-1-4-3;;/h1-2H2;;. The van der Waals surface area contributed by atoms with E-state index in [9.17, 15) is 0 Å². The zero-order valence-corrected chi connectivity index (χ0v) is 3.03. The molecule has 0 amide bonds. The molecule has 0 saturated carbocycles. The predicted molar refractivity (Wildman–Crippen MR) is 23.8 cm³/mol. The Morgan fingerprint density at radius 1 is 1.80 bits per heavy atom. The van der Waals surface area contributed by atoms with E-state index < -0.39 is 0 Å². The summed E-state index contributed by atoms with van der Waals surface area (Å²) in [6, 6.07) is 0. The Morgan fingerprint density at radius 3 is 2.00 bits per heavy atom. The van der Waals surface area contributed by atoms with Gasteiger partial charge in [0.05, 0.1) is 6.29 Å². The molecular formula is CH5KNOP. The van der Waals surface area contributed by atoms with Crippen LogP contribution in [0, 0.1) is 0 Å². The van der Waals surface area contributed by atoms with E-state index in [4.69, 9.17) is 10.3 Å². The molecule has 0 unspecified atom stereocenters. The monoisotopic (exact) mass is 117 g/mol. The fourth-order valence-corrected chi connectivity index (χ4v) is 0. The third-order valence-corrected chi connectivity index (χ3v) is 0.224. The fourth-order valence-electron chi connectivity index (χ4n) is 0. The fraction of sp³-hybridized carbons (Fsp3) is 1.00. The molecule has 0 aromatic carbocycles. The molecule has 0 aromatic rings. The van der Waals surface area contributed by atoms with Gasteiger partial charge in [0, 0.05) is 0 Å². The van der Waals surface area contributed by atoms with Crippen LogP contribution in [0.1, 0.15) is 0 Å². The van der Waals surface area contributed by atoms with Gasteiger partial charge in [-0.3, -0.25) is 4.57 Å². The number of nitrogens with two attached hydrogens (primary N) is 1. The molecule has 0 spiro atoms. The Labute approximate surface area is 75.1 Å². The number of hydrogen-bond donors (Lipinski definition) is 1. The summed E-state index contributed by atoms with van der Waals surface area (Å²) in [6.45, 7) is 0. The summed E-state index contributed by atoms with van der Waals surface area (Å²) in [5.41, 5.74) is 4.70. The van der Waals surface area contributed by atoms with Gasteiger partial charge in [-0.2, -0.15) is 0 Å². The third-order valence-electron chi connectivity index (χ3n) is 0.0745. The van der Waals surface area contributed by atoms with Crippen molar-refractivity contribution in [2.24, 2.45) is 5.73 Å². The third kappa shape index (κ3) is 10.7. The quantitative estimate of drug-likeness (QED) is 0.373. The van der Waals surface area contributed by atoms with Crippen molar-refractivity contribution >= 4 is 59.8 Å². The van der Waals surface area contributed by atoms with E-state index in [1.54, 1.807) is 0 Å². The molecule has 5 heavy (non-hydrogen) atoms. The molecule has 0 bridgehead atoms. The SMILES string of the molecule is NCP=O.[KH]. The van der Waals surface area contributed by atoms with Gasteiger partial charge in [-0.15, -0.1) is 0 Å².